The van der Waals surface area contributed by atoms with Gasteiger partial charge in [0.15, 0.2) is 5.78 Å². The maximum Gasteiger partial charge on any atom is 0.220 e. The van der Waals surface area contributed by atoms with Crippen LogP contribution in [0.4, 0.5) is 0 Å². The highest BCUT2D eigenvalue weighted by Gasteiger charge is 2.05. The van der Waals surface area contributed by atoms with Crippen LogP contribution < -0.4 is 5.32 Å². The van der Waals surface area contributed by atoms with E-state index < -0.39 is 0 Å². The summed E-state index contributed by atoms with van der Waals surface area (Å²) in [5.41, 5.74) is 1.70. The highest BCUT2D eigenvalue weighted by atomic mass is 16.1. The lowest BCUT2D eigenvalue weighted by molar-refractivity contribution is -0.121. The quantitative estimate of drug-likeness (QED) is 0.543. The van der Waals surface area contributed by atoms with Gasteiger partial charge in [-0.1, -0.05) is 51.8 Å². The van der Waals surface area contributed by atoms with Gasteiger partial charge in [0.25, 0.3) is 0 Å². The van der Waals surface area contributed by atoms with Gasteiger partial charge in [0.1, 0.15) is 0 Å². The van der Waals surface area contributed by atoms with Gasteiger partial charge in [0.2, 0.25) is 5.91 Å². The normalized spacial score (nSPS) is 10.7. The molecule has 0 heterocycles. The number of hydrogen-bond donors (Lipinski definition) is 1. The molecule has 0 atom stereocenters. The molecule has 0 radical (unpaired) electrons. The van der Waals surface area contributed by atoms with Crippen molar-refractivity contribution in [3.63, 3.8) is 0 Å². The van der Waals surface area contributed by atoms with E-state index in [2.05, 4.69) is 19.2 Å². The van der Waals surface area contributed by atoms with Gasteiger partial charge >= 0.3 is 0 Å². The van der Waals surface area contributed by atoms with E-state index in [1.54, 1.807) is 0 Å². The molecule has 0 unspecified atom stereocenters. The van der Waals surface area contributed by atoms with Crippen molar-refractivity contribution in [2.24, 2.45) is 5.92 Å². The summed E-state index contributed by atoms with van der Waals surface area (Å²) < 4.78 is 0. The predicted molar refractivity (Wildman–Crippen MR) is 88.3 cm³/mol. The fourth-order valence-corrected chi connectivity index (χ4v) is 2.19. The number of carbonyl (C=O) groups is 2. The first-order valence-corrected chi connectivity index (χ1v) is 7.91. The molecule has 0 fully saturated rings. The molecule has 3 nitrogen and oxygen atoms in total. The topological polar surface area (TPSA) is 46.2 Å². The number of carbonyl (C=O) groups excluding carboxylic acids is 2. The second-order valence-electron chi connectivity index (χ2n) is 5.89. The Labute approximate surface area is 129 Å². The smallest absolute Gasteiger partial charge is 0.220 e. The number of ketones is 1. The molecule has 0 aliphatic rings. The molecule has 118 valence electrons. The number of hydrogen-bond acceptors (Lipinski definition) is 2. The maximum atomic E-state index is 11.8. The minimum Gasteiger partial charge on any atom is -0.352 e. The third kappa shape index (κ3) is 7.07. The molecule has 21 heavy (non-hydrogen) atoms. The third-order valence-electron chi connectivity index (χ3n) is 3.50. The number of benzene rings is 1. The standard InChI is InChI=1S/C18H27NO2.H2/c1-4-17(20)16-10-7-9-15(12-16)13-19-18(21)11-6-5-8-14(2)3;/h7,9-10,12,14H,4-6,8,11,13H2,1-3H3,(H,19,21);1H. The molecule has 0 bridgehead atoms. The van der Waals surface area contributed by atoms with Crippen molar-refractivity contribution in [3.8, 4) is 0 Å². The summed E-state index contributed by atoms with van der Waals surface area (Å²) in [6, 6.07) is 7.49. The van der Waals surface area contributed by atoms with E-state index in [4.69, 9.17) is 0 Å². The van der Waals surface area contributed by atoms with Crippen molar-refractivity contribution in [2.75, 3.05) is 0 Å². The minimum absolute atomic E-state index is 0. The second-order valence-corrected chi connectivity index (χ2v) is 5.89. The Morgan fingerprint density at radius 2 is 2.00 bits per heavy atom. The molecule has 1 aromatic rings. The van der Waals surface area contributed by atoms with Crippen LogP contribution in [0.15, 0.2) is 24.3 Å². The molecule has 0 saturated heterocycles. The Balaban J connectivity index is 0.00000441. The molecule has 1 rings (SSSR count). The lowest BCUT2D eigenvalue weighted by Crippen LogP contribution is -2.22. The van der Waals surface area contributed by atoms with Crippen molar-refractivity contribution >= 4 is 11.7 Å². The van der Waals surface area contributed by atoms with E-state index in [9.17, 15) is 9.59 Å². The second kappa shape index (κ2) is 9.32. The Kier molecular flexibility index (Phi) is 7.73. The van der Waals surface area contributed by atoms with E-state index in [0.29, 0.717) is 25.3 Å². The first kappa shape index (κ1) is 17.4. The van der Waals surface area contributed by atoms with E-state index in [1.807, 2.05) is 31.2 Å². The molecule has 1 amide bonds. The minimum atomic E-state index is 0. The summed E-state index contributed by atoms with van der Waals surface area (Å²) in [6.07, 6.45) is 4.31. The molecule has 1 aromatic carbocycles. The van der Waals surface area contributed by atoms with Gasteiger partial charge in [-0.3, -0.25) is 9.59 Å². The number of amides is 1. The molecular weight excluding hydrogens is 262 g/mol. The maximum absolute atomic E-state index is 11.8. The van der Waals surface area contributed by atoms with Crippen molar-refractivity contribution in [1.82, 2.24) is 5.32 Å². The highest BCUT2D eigenvalue weighted by molar-refractivity contribution is 5.95. The fraction of sp³-hybridized carbons (Fsp3) is 0.556. The zero-order valence-corrected chi connectivity index (χ0v) is 13.4. The molecule has 3 heteroatoms. The van der Waals surface area contributed by atoms with Gasteiger partial charge in [0, 0.05) is 26.4 Å². The van der Waals surface area contributed by atoms with E-state index in [-0.39, 0.29) is 13.1 Å². The SMILES string of the molecule is CCC(=O)c1cccc(CNC(=O)CCCCC(C)C)c1.[HH]. The fourth-order valence-electron chi connectivity index (χ4n) is 2.19. The first-order chi connectivity index (χ1) is 10.0. The Morgan fingerprint density at radius 1 is 1.24 bits per heavy atom. The largest absolute Gasteiger partial charge is 0.352 e. The summed E-state index contributed by atoms with van der Waals surface area (Å²) in [4.78, 5) is 23.4. The van der Waals surface area contributed by atoms with E-state index in [1.165, 1.54) is 6.42 Å². The molecule has 0 aliphatic carbocycles. The first-order valence-electron chi connectivity index (χ1n) is 7.91. The monoisotopic (exact) mass is 291 g/mol. The van der Waals surface area contributed by atoms with Gasteiger partial charge in [-0.15, -0.1) is 0 Å². The van der Waals surface area contributed by atoms with Gasteiger partial charge in [-0.25, -0.2) is 0 Å². The average molecular weight is 291 g/mol. The molecule has 0 spiro atoms. The molecule has 0 saturated carbocycles. The Hall–Kier alpha value is -1.64. The van der Waals surface area contributed by atoms with Crippen LogP contribution in [-0.4, -0.2) is 11.7 Å². The van der Waals surface area contributed by atoms with Crippen LogP contribution >= 0.6 is 0 Å². The zero-order valence-electron chi connectivity index (χ0n) is 13.4. The highest BCUT2D eigenvalue weighted by Crippen LogP contribution is 2.09. The predicted octanol–water partition coefficient (Wildman–Crippen LogP) is 4.36. The molecular formula is C18H29NO2. The van der Waals surface area contributed by atoms with Crippen LogP contribution in [0, 0.1) is 5.92 Å². The average Bonchev–Trinajstić information content (AvgIpc) is 2.48. The van der Waals surface area contributed by atoms with Crippen molar-refractivity contribution in [2.45, 2.75) is 59.4 Å². The van der Waals surface area contributed by atoms with Crippen LogP contribution in [-0.2, 0) is 11.3 Å². The Bertz CT molecular complexity index is 472. The van der Waals surface area contributed by atoms with E-state index >= 15 is 0 Å². The summed E-state index contributed by atoms with van der Waals surface area (Å²) >= 11 is 0. The number of rotatable bonds is 9. The number of nitrogens with one attached hydrogen (secondary N) is 1. The summed E-state index contributed by atoms with van der Waals surface area (Å²) in [6.45, 7) is 6.75. The third-order valence-corrected chi connectivity index (χ3v) is 3.50. The number of Topliss-reactive ketones (excluding diaryl/α,β-unsaturated/α-hetero) is 1. The van der Waals surface area contributed by atoms with Gasteiger partial charge in [-0.2, -0.15) is 0 Å². The van der Waals surface area contributed by atoms with Crippen LogP contribution in [0.1, 0.15) is 70.2 Å². The molecule has 0 aliphatic heterocycles. The van der Waals surface area contributed by atoms with Crippen LogP contribution in [0.3, 0.4) is 0 Å². The lowest BCUT2D eigenvalue weighted by Gasteiger charge is -2.07. The molecule has 0 aromatic heterocycles. The van der Waals surface area contributed by atoms with Crippen LogP contribution in [0.5, 0.6) is 0 Å². The van der Waals surface area contributed by atoms with Crippen LogP contribution in [0.25, 0.3) is 0 Å². The summed E-state index contributed by atoms with van der Waals surface area (Å²) in [5, 5.41) is 2.92. The zero-order chi connectivity index (χ0) is 15.7. The van der Waals surface area contributed by atoms with Crippen molar-refractivity contribution < 1.29 is 11.0 Å². The molecule has 1 N–H and O–H groups in total. The summed E-state index contributed by atoms with van der Waals surface area (Å²) in [5.74, 6) is 0.926. The summed E-state index contributed by atoms with van der Waals surface area (Å²) in [7, 11) is 0. The van der Waals surface area contributed by atoms with Gasteiger partial charge in [-0.05, 0) is 24.0 Å². The lowest BCUT2D eigenvalue weighted by atomic mass is 10.0. The van der Waals surface area contributed by atoms with Gasteiger partial charge in [0.05, 0.1) is 0 Å². The van der Waals surface area contributed by atoms with E-state index in [0.717, 1.165) is 24.0 Å². The van der Waals surface area contributed by atoms with Crippen molar-refractivity contribution in [1.29, 1.82) is 0 Å². The Morgan fingerprint density at radius 3 is 2.67 bits per heavy atom. The number of unbranched alkanes of at least 4 members (excludes halogenated alkanes) is 1. The van der Waals surface area contributed by atoms with Crippen molar-refractivity contribution in [3.05, 3.63) is 35.4 Å². The van der Waals surface area contributed by atoms with Gasteiger partial charge < -0.3 is 5.32 Å². The van der Waals surface area contributed by atoms with Crippen LogP contribution in [0.2, 0.25) is 0 Å².